The van der Waals surface area contributed by atoms with Gasteiger partial charge >= 0.3 is 12.0 Å². The maximum atomic E-state index is 11.2. The zero-order chi connectivity index (χ0) is 12.6. The SMILES string of the molecule is CCOC(C)CNC(=O)N[C@H](CO)C(=O)O. The van der Waals surface area contributed by atoms with Crippen molar-refractivity contribution in [3.63, 3.8) is 0 Å². The summed E-state index contributed by atoms with van der Waals surface area (Å²) in [4.78, 5) is 21.7. The minimum atomic E-state index is -1.29. The van der Waals surface area contributed by atoms with Crippen molar-refractivity contribution in [2.45, 2.75) is 26.0 Å². The highest BCUT2D eigenvalue weighted by molar-refractivity contribution is 5.82. The summed E-state index contributed by atoms with van der Waals surface area (Å²) < 4.78 is 5.16. The van der Waals surface area contributed by atoms with Crippen molar-refractivity contribution in [3.8, 4) is 0 Å². The largest absolute Gasteiger partial charge is 0.480 e. The van der Waals surface area contributed by atoms with E-state index in [2.05, 4.69) is 10.6 Å². The number of carbonyl (C=O) groups is 2. The topological polar surface area (TPSA) is 108 Å². The van der Waals surface area contributed by atoms with Crippen LogP contribution in [-0.2, 0) is 9.53 Å². The van der Waals surface area contributed by atoms with Crippen LogP contribution in [0.5, 0.6) is 0 Å². The van der Waals surface area contributed by atoms with Gasteiger partial charge in [-0.2, -0.15) is 0 Å². The molecule has 16 heavy (non-hydrogen) atoms. The van der Waals surface area contributed by atoms with Crippen LogP contribution >= 0.6 is 0 Å². The molecule has 0 radical (unpaired) electrons. The maximum absolute atomic E-state index is 11.2. The summed E-state index contributed by atoms with van der Waals surface area (Å²) in [7, 11) is 0. The molecule has 0 rings (SSSR count). The summed E-state index contributed by atoms with van der Waals surface area (Å²) >= 11 is 0. The number of carboxylic acid groups (broad SMARTS) is 1. The van der Waals surface area contributed by atoms with Crippen molar-refractivity contribution in [1.29, 1.82) is 0 Å². The number of amides is 2. The fourth-order valence-electron chi connectivity index (χ4n) is 0.975. The minimum Gasteiger partial charge on any atom is -0.480 e. The molecule has 2 amide bonds. The quantitative estimate of drug-likeness (QED) is 0.459. The van der Waals surface area contributed by atoms with Crippen molar-refractivity contribution in [1.82, 2.24) is 10.6 Å². The second kappa shape index (κ2) is 7.89. The summed E-state index contributed by atoms with van der Waals surface area (Å²) in [6.07, 6.45) is -0.145. The maximum Gasteiger partial charge on any atom is 0.328 e. The lowest BCUT2D eigenvalue weighted by atomic mass is 10.3. The van der Waals surface area contributed by atoms with E-state index in [-0.39, 0.29) is 12.6 Å². The van der Waals surface area contributed by atoms with Crippen LogP contribution in [0.2, 0.25) is 0 Å². The van der Waals surface area contributed by atoms with Crippen LogP contribution in [0.3, 0.4) is 0 Å². The van der Waals surface area contributed by atoms with Crippen LogP contribution < -0.4 is 10.6 Å². The Morgan fingerprint density at radius 2 is 2.06 bits per heavy atom. The van der Waals surface area contributed by atoms with Crippen LogP contribution in [0.25, 0.3) is 0 Å². The van der Waals surface area contributed by atoms with Gasteiger partial charge in [0.2, 0.25) is 0 Å². The number of carboxylic acids is 1. The lowest BCUT2D eigenvalue weighted by Crippen LogP contribution is -2.49. The number of hydrogen-bond acceptors (Lipinski definition) is 4. The van der Waals surface area contributed by atoms with E-state index in [9.17, 15) is 9.59 Å². The van der Waals surface area contributed by atoms with Gasteiger partial charge in [-0.15, -0.1) is 0 Å². The molecular weight excluding hydrogens is 216 g/mol. The Balaban J connectivity index is 3.85. The normalized spacial score (nSPS) is 13.9. The molecule has 0 bridgehead atoms. The van der Waals surface area contributed by atoms with E-state index in [0.717, 1.165) is 0 Å². The number of nitrogens with one attached hydrogen (secondary N) is 2. The molecular formula is C9H18N2O5. The van der Waals surface area contributed by atoms with Gasteiger partial charge in [0.25, 0.3) is 0 Å². The van der Waals surface area contributed by atoms with Crippen LogP contribution in [-0.4, -0.2) is 54.1 Å². The first kappa shape index (κ1) is 14.7. The van der Waals surface area contributed by atoms with Crippen molar-refractivity contribution < 1.29 is 24.5 Å². The zero-order valence-electron chi connectivity index (χ0n) is 9.40. The number of rotatable bonds is 7. The molecule has 7 nitrogen and oxygen atoms in total. The van der Waals surface area contributed by atoms with E-state index in [0.29, 0.717) is 6.61 Å². The highest BCUT2D eigenvalue weighted by Crippen LogP contribution is 1.88. The molecule has 0 aromatic rings. The van der Waals surface area contributed by atoms with E-state index in [1.165, 1.54) is 0 Å². The Morgan fingerprint density at radius 1 is 1.44 bits per heavy atom. The second-order valence-electron chi connectivity index (χ2n) is 3.19. The van der Waals surface area contributed by atoms with Crippen molar-refractivity contribution in [3.05, 3.63) is 0 Å². The van der Waals surface area contributed by atoms with Crippen LogP contribution in [0.4, 0.5) is 4.79 Å². The number of aliphatic hydroxyl groups excluding tert-OH is 1. The van der Waals surface area contributed by atoms with Crippen molar-refractivity contribution >= 4 is 12.0 Å². The third kappa shape index (κ3) is 6.20. The van der Waals surface area contributed by atoms with Crippen LogP contribution in [0.1, 0.15) is 13.8 Å². The number of carbonyl (C=O) groups excluding carboxylic acids is 1. The lowest BCUT2D eigenvalue weighted by molar-refractivity contribution is -0.140. The molecule has 0 aromatic heterocycles. The van der Waals surface area contributed by atoms with Gasteiger partial charge in [-0.1, -0.05) is 0 Å². The fourth-order valence-corrected chi connectivity index (χ4v) is 0.975. The molecule has 4 N–H and O–H groups in total. The molecule has 94 valence electrons. The van der Waals surface area contributed by atoms with E-state index in [1.54, 1.807) is 6.92 Å². The molecule has 0 heterocycles. The standard InChI is InChI=1S/C9H18N2O5/c1-3-16-6(2)4-10-9(15)11-7(5-12)8(13)14/h6-7,12H,3-5H2,1-2H3,(H,13,14)(H2,10,11,15)/t6?,7-/m1/s1. The van der Waals surface area contributed by atoms with Gasteiger partial charge in [0.1, 0.15) is 0 Å². The van der Waals surface area contributed by atoms with E-state index >= 15 is 0 Å². The van der Waals surface area contributed by atoms with Gasteiger partial charge in [-0.05, 0) is 13.8 Å². The average molecular weight is 234 g/mol. The first-order chi connectivity index (χ1) is 7.51. The Hall–Kier alpha value is -1.34. The van der Waals surface area contributed by atoms with Crippen LogP contribution in [0, 0.1) is 0 Å². The summed E-state index contributed by atoms with van der Waals surface area (Å²) in [6, 6.07) is -1.93. The molecule has 2 atom stereocenters. The molecule has 0 aliphatic heterocycles. The third-order valence-corrected chi connectivity index (χ3v) is 1.79. The first-order valence-corrected chi connectivity index (χ1v) is 5.00. The number of hydrogen-bond donors (Lipinski definition) is 4. The highest BCUT2D eigenvalue weighted by Gasteiger charge is 2.18. The van der Waals surface area contributed by atoms with E-state index in [4.69, 9.17) is 14.9 Å². The Bertz CT molecular complexity index is 234. The van der Waals surface area contributed by atoms with E-state index < -0.39 is 24.6 Å². The number of aliphatic carboxylic acids is 1. The molecule has 0 aliphatic carbocycles. The lowest BCUT2D eigenvalue weighted by Gasteiger charge is -2.15. The molecule has 0 saturated carbocycles. The number of urea groups is 1. The van der Waals surface area contributed by atoms with Gasteiger partial charge in [0.05, 0.1) is 12.7 Å². The summed E-state index contributed by atoms with van der Waals surface area (Å²) in [6.45, 7) is 3.79. The predicted molar refractivity (Wildman–Crippen MR) is 56.1 cm³/mol. The molecule has 0 aromatic carbocycles. The number of aliphatic hydroxyl groups is 1. The van der Waals surface area contributed by atoms with Gasteiger partial charge < -0.3 is 25.6 Å². The molecule has 7 heteroatoms. The summed E-state index contributed by atoms with van der Waals surface area (Å²) in [5, 5.41) is 21.8. The summed E-state index contributed by atoms with van der Waals surface area (Å²) in [5.74, 6) is -1.28. The predicted octanol–water partition coefficient (Wildman–Crippen LogP) is -0.844. The highest BCUT2D eigenvalue weighted by atomic mass is 16.5. The third-order valence-electron chi connectivity index (χ3n) is 1.79. The van der Waals surface area contributed by atoms with Crippen molar-refractivity contribution in [2.75, 3.05) is 19.8 Å². The molecule has 0 fully saturated rings. The zero-order valence-corrected chi connectivity index (χ0v) is 9.40. The summed E-state index contributed by atoms with van der Waals surface area (Å²) in [5.41, 5.74) is 0. The van der Waals surface area contributed by atoms with Gasteiger partial charge in [0, 0.05) is 13.2 Å². The van der Waals surface area contributed by atoms with Crippen molar-refractivity contribution in [2.24, 2.45) is 0 Å². The fraction of sp³-hybridized carbons (Fsp3) is 0.778. The van der Waals surface area contributed by atoms with E-state index in [1.807, 2.05) is 6.92 Å². The molecule has 0 aliphatic rings. The van der Waals surface area contributed by atoms with Gasteiger partial charge in [-0.25, -0.2) is 9.59 Å². The van der Waals surface area contributed by atoms with Gasteiger partial charge in [-0.3, -0.25) is 0 Å². The number of ether oxygens (including phenoxy) is 1. The van der Waals surface area contributed by atoms with Gasteiger partial charge in [0.15, 0.2) is 6.04 Å². The second-order valence-corrected chi connectivity index (χ2v) is 3.19. The Kier molecular flexibility index (Phi) is 7.23. The van der Waals surface area contributed by atoms with Crippen LogP contribution in [0.15, 0.2) is 0 Å². The molecule has 0 spiro atoms. The average Bonchev–Trinajstić information content (AvgIpc) is 2.23. The first-order valence-electron chi connectivity index (χ1n) is 5.00. The minimum absolute atomic E-state index is 0.145. The molecule has 0 saturated heterocycles. The molecule has 1 unspecified atom stereocenters. The monoisotopic (exact) mass is 234 g/mol. The Labute approximate surface area is 93.8 Å². The Morgan fingerprint density at radius 3 is 2.50 bits per heavy atom. The smallest absolute Gasteiger partial charge is 0.328 e.